The van der Waals surface area contributed by atoms with Crippen molar-refractivity contribution in [1.29, 1.82) is 0 Å². The number of sulfonamides is 1. The van der Waals surface area contributed by atoms with E-state index in [2.05, 4.69) is 16.1 Å². The number of hydrogen-bond acceptors (Lipinski definition) is 3. The van der Waals surface area contributed by atoms with Crippen molar-refractivity contribution in [2.75, 3.05) is 19.3 Å². The molecule has 2 rings (SSSR count). The van der Waals surface area contributed by atoms with Crippen molar-refractivity contribution < 1.29 is 8.42 Å². The number of halogens is 1. The van der Waals surface area contributed by atoms with Gasteiger partial charge in [-0.2, -0.15) is 0 Å². The van der Waals surface area contributed by atoms with Gasteiger partial charge in [0.05, 0.1) is 6.26 Å². The number of benzene rings is 1. The van der Waals surface area contributed by atoms with E-state index in [1.54, 1.807) is 0 Å². The molecule has 0 saturated carbocycles. The third-order valence-electron chi connectivity index (χ3n) is 3.25. The highest BCUT2D eigenvalue weighted by Crippen LogP contribution is 2.25. The van der Waals surface area contributed by atoms with Crippen molar-refractivity contribution in [2.24, 2.45) is 0 Å². The molecule has 1 aliphatic carbocycles. The van der Waals surface area contributed by atoms with E-state index in [4.69, 9.17) is 11.6 Å². The fourth-order valence-corrected chi connectivity index (χ4v) is 3.09. The van der Waals surface area contributed by atoms with Crippen LogP contribution in [0, 0.1) is 0 Å². The monoisotopic (exact) mass is 302 g/mol. The summed E-state index contributed by atoms with van der Waals surface area (Å²) in [6.07, 6.45) is 3.99. The summed E-state index contributed by atoms with van der Waals surface area (Å²) >= 11 is 5.97. The molecular formula is C13H19ClN2O2S. The van der Waals surface area contributed by atoms with Crippen LogP contribution in [0.1, 0.15) is 17.5 Å². The molecule has 0 fully saturated rings. The first kappa shape index (κ1) is 14.8. The average molecular weight is 303 g/mol. The molecule has 1 aromatic rings. The van der Waals surface area contributed by atoms with Crippen LogP contribution in [-0.2, 0) is 22.9 Å². The average Bonchev–Trinajstić information content (AvgIpc) is 2.68. The molecule has 1 aliphatic rings. The first-order chi connectivity index (χ1) is 8.94. The minimum absolute atomic E-state index is 0.437. The predicted octanol–water partition coefficient (Wildman–Crippen LogP) is 1.34. The zero-order chi connectivity index (χ0) is 13.9. The van der Waals surface area contributed by atoms with Crippen LogP contribution in [0.3, 0.4) is 0 Å². The molecule has 0 heterocycles. The molecule has 106 valence electrons. The Morgan fingerprint density at radius 3 is 2.74 bits per heavy atom. The molecule has 2 N–H and O–H groups in total. The Hall–Kier alpha value is -0.620. The highest BCUT2D eigenvalue weighted by atomic mass is 35.5. The van der Waals surface area contributed by atoms with Crippen LogP contribution in [0.2, 0.25) is 5.02 Å². The molecule has 0 spiro atoms. The van der Waals surface area contributed by atoms with Gasteiger partial charge < -0.3 is 5.32 Å². The second-order valence-electron chi connectivity index (χ2n) is 4.99. The molecule has 0 saturated heterocycles. The molecule has 0 amide bonds. The molecule has 6 heteroatoms. The van der Waals surface area contributed by atoms with Crippen molar-refractivity contribution in [3.63, 3.8) is 0 Å². The van der Waals surface area contributed by atoms with Crippen LogP contribution in [0.4, 0.5) is 0 Å². The fraction of sp³-hybridized carbons (Fsp3) is 0.538. The lowest BCUT2D eigenvalue weighted by atomic mass is 10.1. The van der Waals surface area contributed by atoms with Gasteiger partial charge in [-0.15, -0.1) is 0 Å². The van der Waals surface area contributed by atoms with Crippen LogP contribution in [0.25, 0.3) is 0 Å². The maximum atomic E-state index is 10.9. The minimum Gasteiger partial charge on any atom is -0.313 e. The highest BCUT2D eigenvalue weighted by molar-refractivity contribution is 7.88. The summed E-state index contributed by atoms with van der Waals surface area (Å²) < 4.78 is 24.3. The second-order valence-corrected chi connectivity index (χ2v) is 7.26. The maximum Gasteiger partial charge on any atom is 0.208 e. The van der Waals surface area contributed by atoms with Gasteiger partial charge in [0.1, 0.15) is 0 Å². The van der Waals surface area contributed by atoms with Gasteiger partial charge in [-0.05, 0) is 49.1 Å². The lowest BCUT2D eigenvalue weighted by molar-refractivity contribution is 0.519. The topological polar surface area (TPSA) is 58.2 Å². The third kappa shape index (κ3) is 4.76. The zero-order valence-corrected chi connectivity index (χ0v) is 12.5. The first-order valence-electron chi connectivity index (χ1n) is 6.39. The fourth-order valence-electron chi connectivity index (χ4n) is 2.38. The Balaban J connectivity index is 1.70. The van der Waals surface area contributed by atoms with Crippen molar-refractivity contribution in [3.05, 3.63) is 34.3 Å². The Bertz CT molecular complexity index is 546. The van der Waals surface area contributed by atoms with E-state index >= 15 is 0 Å². The van der Waals surface area contributed by atoms with Crippen LogP contribution >= 0.6 is 11.6 Å². The summed E-state index contributed by atoms with van der Waals surface area (Å²) in [4.78, 5) is 0. The van der Waals surface area contributed by atoms with Gasteiger partial charge in [-0.3, -0.25) is 0 Å². The summed E-state index contributed by atoms with van der Waals surface area (Å²) in [7, 11) is -3.06. The summed E-state index contributed by atoms with van der Waals surface area (Å²) in [5, 5.41) is 4.24. The minimum atomic E-state index is -3.06. The van der Waals surface area contributed by atoms with Gasteiger partial charge in [0.15, 0.2) is 0 Å². The highest BCUT2D eigenvalue weighted by Gasteiger charge is 2.20. The number of fused-ring (bicyclic) bond motifs is 1. The normalized spacial score (nSPS) is 18.5. The number of hydrogen-bond donors (Lipinski definition) is 2. The van der Waals surface area contributed by atoms with Gasteiger partial charge in [0.2, 0.25) is 10.0 Å². The molecule has 1 aromatic carbocycles. The Morgan fingerprint density at radius 2 is 2.00 bits per heavy atom. The SMILES string of the molecule is CS(=O)(=O)NCCCNC1Cc2ccc(Cl)cc2C1. The van der Waals surface area contributed by atoms with E-state index in [1.165, 1.54) is 17.4 Å². The van der Waals surface area contributed by atoms with Gasteiger partial charge in [0.25, 0.3) is 0 Å². The smallest absolute Gasteiger partial charge is 0.208 e. The Labute approximate surface area is 119 Å². The number of rotatable bonds is 6. The second kappa shape index (κ2) is 6.22. The summed E-state index contributed by atoms with van der Waals surface area (Å²) in [5.74, 6) is 0. The van der Waals surface area contributed by atoms with Crippen molar-refractivity contribution in [2.45, 2.75) is 25.3 Å². The van der Waals surface area contributed by atoms with Crippen LogP contribution in [-0.4, -0.2) is 33.8 Å². The van der Waals surface area contributed by atoms with E-state index in [-0.39, 0.29) is 0 Å². The molecule has 0 aromatic heterocycles. The van der Waals surface area contributed by atoms with E-state index < -0.39 is 10.0 Å². The molecule has 1 atom stereocenters. The van der Waals surface area contributed by atoms with Gasteiger partial charge in [-0.1, -0.05) is 17.7 Å². The quantitative estimate of drug-likeness (QED) is 0.780. The van der Waals surface area contributed by atoms with E-state index in [0.29, 0.717) is 12.6 Å². The molecule has 1 unspecified atom stereocenters. The Morgan fingerprint density at radius 1 is 1.26 bits per heavy atom. The van der Waals surface area contributed by atoms with Crippen LogP contribution in [0.15, 0.2) is 18.2 Å². The third-order valence-corrected chi connectivity index (χ3v) is 4.22. The van der Waals surface area contributed by atoms with Crippen molar-refractivity contribution >= 4 is 21.6 Å². The zero-order valence-electron chi connectivity index (χ0n) is 10.9. The van der Waals surface area contributed by atoms with Crippen LogP contribution < -0.4 is 10.0 Å². The van der Waals surface area contributed by atoms with E-state index in [1.807, 2.05) is 12.1 Å². The largest absolute Gasteiger partial charge is 0.313 e. The van der Waals surface area contributed by atoms with E-state index in [0.717, 1.165) is 30.8 Å². The first-order valence-corrected chi connectivity index (χ1v) is 8.66. The summed E-state index contributed by atoms with van der Waals surface area (Å²) in [6.45, 7) is 1.30. The van der Waals surface area contributed by atoms with Gasteiger partial charge in [-0.25, -0.2) is 13.1 Å². The molecule has 0 bridgehead atoms. The molecule has 0 radical (unpaired) electrons. The standard InChI is InChI=1S/C13H19ClN2O2S/c1-19(17,18)16-6-2-5-15-13-8-10-3-4-12(14)7-11(10)9-13/h3-4,7,13,15-16H,2,5-6,8-9H2,1H3. The molecular weight excluding hydrogens is 284 g/mol. The predicted molar refractivity (Wildman–Crippen MR) is 78.1 cm³/mol. The molecule has 4 nitrogen and oxygen atoms in total. The molecule has 19 heavy (non-hydrogen) atoms. The summed E-state index contributed by atoms with van der Waals surface area (Å²) in [6, 6.07) is 6.49. The lowest BCUT2D eigenvalue weighted by Crippen LogP contribution is -2.32. The van der Waals surface area contributed by atoms with Gasteiger partial charge in [0, 0.05) is 17.6 Å². The lowest BCUT2D eigenvalue weighted by Gasteiger charge is -2.11. The van der Waals surface area contributed by atoms with Crippen molar-refractivity contribution in [3.8, 4) is 0 Å². The number of nitrogens with one attached hydrogen (secondary N) is 2. The van der Waals surface area contributed by atoms with Crippen LogP contribution in [0.5, 0.6) is 0 Å². The van der Waals surface area contributed by atoms with E-state index in [9.17, 15) is 8.42 Å². The maximum absolute atomic E-state index is 10.9. The van der Waals surface area contributed by atoms with Crippen molar-refractivity contribution in [1.82, 2.24) is 10.0 Å². The Kier molecular flexibility index (Phi) is 4.84. The summed E-state index contributed by atoms with van der Waals surface area (Å²) in [5.41, 5.74) is 2.68. The molecule has 0 aliphatic heterocycles. The van der Waals surface area contributed by atoms with Gasteiger partial charge >= 0.3 is 0 Å².